The predicted octanol–water partition coefficient (Wildman–Crippen LogP) is -1.21. The first kappa shape index (κ1) is 15.5. The van der Waals surface area contributed by atoms with Crippen molar-refractivity contribution in [1.29, 1.82) is 0 Å². The molecule has 3 heterocycles. The van der Waals surface area contributed by atoms with Gasteiger partial charge >= 0.3 is 0 Å². The van der Waals surface area contributed by atoms with Gasteiger partial charge in [0, 0.05) is 13.0 Å². The maximum atomic E-state index is 12.3. The molecule has 1 amide bonds. The van der Waals surface area contributed by atoms with E-state index in [0.717, 1.165) is 6.42 Å². The summed E-state index contributed by atoms with van der Waals surface area (Å²) in [6.45, 7) is 4.84. The van der Waals surface area contributed by atoms with Gasteiger partial charge in [-0.3, -0.25) is 10.2 Å². The predicted molar refractivity (Wildman–Crippen MR) is 76.2 cm³/mol. The molecule has 0 aromatic carbocycles. The molecule has 0 bridgehead atoms. The molecule has 2 unspecified atom stereocenters. The van der Waals surface area contributed by atoms with Crippen LogP contribution in [0.4, 0.5) is 0 Å². The van der Waals surface area contributed by atoms with Crippen LogP contribution in [0, 0.1) is 11.8 Å². The third-order valence-electron chi connectivity index (χ3n) is 3.45. The second kappa shape index (κ2) is 6.79. The Kier molecular flexibility index (Phi) is 4.57. The van der Waals surface area contributed by atoms with E-state index in [9.17, 15) is 4.79 Å². The van der Waals surface area contributed by atoms with Crippen LogP contribution >= 0.6 is 0 Å². The van der Waals surface area contributed by atoms with E-state index in [1.807, 2.05) is 0 Å². The van der Waals surface area contributed by atoms with Crippen molar-refractivity contribution in [2.75, 3.05) is 6.54 Å². The average molecular weight is 321 g/mol. The van der Waals surface area contributed by atoms with Gasteiger partial charge in [-0.2, -0.15) is 4.98 Å². The molecule has 0 radical (unpaired) electrons. The first-order valence-corrected chi connectivity index (χ1v) is 7.43. The van der Waals surface area contributed by atoms with Crippen molar-refractivity contribution in [3.05, 3.63) is 18.0 Å². The number of carbonyl (C=O) groups excluding carboxylic acids is 1. The van der Waals surface area contributed by atoms with Crippen LogP contribution in [0.5, 0.6) is 0 Å². The molecule has 124 valence electrons. The first-order valence-electron chi connectivity index (χ1n) is 7.43. The molecule has 2 aromatic heterocycles. The second-order valence-corrected chi connectivity index (χ2v) is 5.79. The number of amides is 1. The lowest BCUT2D eigenvalue weighted by Gasteiger charge is -2.16. The van der Waals surface area contributed by atoms with E-state index in [0.29, 0.717) is 24.2 Å². The maximum absolute atomic E-state index is 12.3. The molecule has 1 aliphatic heterocycles. The van der Waals surface area contributed by atoms with Crippen LogP contribution in [0.3, 0.4) is 0 Å². The third kappa shape index (κ3) is 3.68. The van der Waals surface area contributed by atoms with Gasteiger partial charge in [0.05, 0.1) is 12.5 Å². The molecule has 11 nitrogen and oxygen atoms in total. The normalized spacial score (nSPS) is 21.0. The van der Waals surface area contributed by atoms with E-state index in [2.05, 4.69) is 55.7 Å². The van der Waals surface area contributed by atoms with E-state index in [-0.39, 0.29) is 24.5 Å². The number of carbonyl (C=O) groups is 1. The van der Waals surface area contributed by atoms with Gasteiger partial charge in [0.15, 0.2) is 5.82 Å². The molecule has 0 saturated carbocycles. The van der Waals surface area contributed by atoms with E-state index >= 15 is 0 Å². The summed E-state index contributed by atoms with van der Waals surface area (Å²) in [5, 5.41) is 17.7. The molecular weight excluding hydrogens is 302 g/mol. The fourth-order valence-corrected chi connectivity index (χ4v) is 2.36. The van der Waals surface area contributed by atoms with Gasteiger partial charge in [-0.05, 0) is 16.3 Å². The first-order chi connectivity index (χ1) is 11.1. The number of rotatable bonds is 6. The zero-order valence-corrected chi connectivity index (χ0v) is 12.9. The van der Waals surface area contributed by atoms with Gasteiger partial charge in [0.2, 0.25) is 11.8 Å². The van der Waals surface area contributed by atoms with E-state index < -0.39 is 0 Å². The zero-order chi connectivity index (χ0) is 16.2. The number of nitrogens with one attached hydrogen (secondary N) is 3. The summed E-state index contributed by atoms with van der Waals surface area (Å²) in [4.78, 5) is 16.6. The van der Waals surface area contributed by atoms with Crippen LogP contribution in [-0.4, -0.2) is 42.8 Å². The fraction of sp³-hybridized carbons (Fsp3) is 0.667. The van der Waals surface area contributed by atoms with E-state index in [4.69, 9.17) is 4.52 Å². The smallest absolute Gasteiger partial charge is 0.228 e. The van der Waals surface area contributed by atoms with Gasteiger partial charge in [-0.25, -0.2) is 10.1 Å². The molecule has 0 aliphatic carbocycles. The Morgan fingerprint density at radius 2 is 2.43 bits per heavy atom. The van der Waals surface area contributed by atoms with Crippen molar-refractivity contribution >= 4 is 5.91 Å². The lowest BCUT2D eigenvalue weighted by Crippen LogP contribution is -2.37. The van der Waals surface area contributed by atoms with Crippen molar-refractivity contribution in [1.82, 2.24) is 46.5 Å². The topological polar surface area (TPSA) is 136 Å². The van der Waals surface area contributed by atoms with E-state index in [1.54, 1.807) is 0 Å². The third-order valence-corrected chi connectivity index (χ3v) is 3.45. The Morgan fingerprint density at radius 3 is 3.17 bits per heavy atom. The number of hydrogen-bond donors (Lipinski definition) is 3. The minimum Gasteiger partial charge on any atom is -0.348 e. The molecule has 2 aromatic rings. The number of hydrazine groups is 1. The number of tetrazole rings is 1. The Hall–Kier alpha value is -2.40. The van der Waals surface area contributed by atoms with Gasteiger partial charge in [-0.1, -0.05) is 19.0 Å². The summed E-state index contributed by atoms with van der Waals surface area (Å²) >= 11 is 0. The van der Waals surface area contributed by atoms with Crippen LogP contribution in [-0.2, 0) is 17.8 Å². The molecule has 1 saturated heterocycles. The molecule has 3 rings (SSSR count). The Bertz CT molecular complexity index is 639. The monoisotopic (exact) mass is 321 g/mol. The van der Waals surface area contributed by atoms with Gasteiger partial charge in [0.25, 0.3) is 0 Å². The number of hydrogen-bond acceptors (Lipinski definition) is 9. The molecule has 1 fully saturated rings. The Labute approximate surface area is 132 Å². The maximum Gasteiger partial charge on any atom is 0.228 e. The van der Waals surface area contributed by atoms with E-state index in [1.165, 1.54) is 11.0 Å². The quantitative estimate of drug-likeness (QED) is 0.599. The summed E-state index contributed by atoms with van der Waals surface area (Å²) in [5.41, 5.74) is 5.91. The van der Waals surface area contributed by atoms with Crippen molar-refractivity contribution in [3.63, 3.8) is 0 Å². The summed E-state index contributed by atoms with van der Waals surface area (Å²) < 4.78 is 6.64. The van der Waals surface area contributed by atoms with Crippen molar-refractivity contribution in [2.24, 2.45) is 11.8 Å². The summed E-state index contributed by atoms with van der Waals surface area (Å²) in [6, 6.07) is 0. The lowest BCUT2D eigenvalue weighted by molar-refractivity contribution is -0.125. The summed E-state index contributed by atoms with van der Waals surface area (Å²) in [7, 11) is 0. The van der Waals surface area contributed by atoms with Gasteiger partial charge in [0.1, 0.15) is 12.5 Å². The molecule has 3 N–H and O–H groups in total. The highest BCUT2D eigenvalue weighted by Gasteiger charge is 2.35. The largest absolute Gasteiger partial charge is 0.348 e. The standard InChI is InChI=1S/C12H19N9O2/c1-7(2)3-10-16-9(18-23-10)5-13-12(22)8-4-14-17-11(8)21-6-15-19-20-21/h6-8,11,14,17H,3-5H2,1-2H3,(H,13,22). The van der Waals surface area contributed by atoms with Gasteiger partial charge in [-0.15, -0.1) is 5.10 Å². The SMILES string of the molecule is CC(C)Cc1nc(CNC(=O)C2CNNC2n2cnnn2)no1. The molecule has 23 heavy (non-hydrogen) atoms. The van der Waals surface area contributed by atoms with Crippen molar-refractivity contribution in [3.8, 4) is 0 Å². The highest BCUT2D eigenvalue weighted by atomic mass is 16.5. The van der Waals surface area contributed by atoms with Crippen LogP contribution in [0.1, 0.15) is 31.7 Å². The minimum absolute atomic E-state index is 0.141. The van der Waals surface area contributed by atoms with Gasteiger partial charge < -0.3 is 9.84 Å². The van der Waals surface area contributed by atoms with Crippen molar-refractivity contribution < 1.29 is 9.32 Å². The zero-order valence-electron chi connectivity index (χ0n) is 12.9. The molecular formula is C12H19N9O2. The van der Waals surface area contributed by atoms with Crippen LogP contribution < -0.4 is 16.2 Å². The highest BCUT2D eigenvalue weighted by Crippen LogP contribution is 2.17. The molecule has 2 atom stereocenters. The van der Waals surface area contributed by atoms with Crippen LogP contribution in [0.2, 0.25) is 0 Å². The average Bonchev–Trinajstić information content (AvgIpc) is 3.24. The second-order valence-electron chi connectivity index (χ2n) is 5.79. The Morgan fingerprint density at radius 1 is 1.57 bits per heavy atom. The molecule has 1 aliphatic rings. The minimum atomic E-state index is -0.347. The van der Waals surface area contributed by atoms with Crippen LogP contribution in [0.15, 0.2) is 10.9 Å². The lowest BCUT2D eigenvalue weighted by atomic mass is 10.1. The number of aromatic nitrogens is 6. The number of nitrogens with zero attached hydrogens (tertiary/aromatic N) is 6. The summed E-state index contributed by atoms with van der Waals surface area (Å²) in [5.74, 6) is 0.997. The molecule has 0 spiro atoms. The van der Waals surface area contributed by atoms with Crippen LogP contribution in [0.25, 0.3) is 0 Å². The summed E-state index contributed by atoms with van der Waals surface area (Å²) in [6.07, 6.45) is 1.84. The fourth-order valence-electron chi connectivity index (χ4n) is 2.36. The Balaban J connectivity index is 1.55. The highest BCUT2D eigenvalue weighted by molar-refractivity contribution is 5.79. The van der Waals surface area contributed by atoms with Crippen molar-refractivity contribution in [2.45, 2.75) is 33.0 Å². The molecule has 11 heteroatoms.